The first-order valence-corrected chi connectivity index (χ1v) is 17.6. The van der Waals surface area contributed by atoms with Gasteiger partial charge in [0.15, 0.2) is 5.82 Å². The summed E-state index contributed by atoms with van der Waals surface area (Å²) < 4.78 is 0. The highest BCUT2D eigenvalue weighted by Gasteiger charge is 2.14. The predicted molar refractivity (Wildman–Crippen MR) is 217 cm³/mol. The van der Waals surface area contributed by atoms with E-state index in [2.05, 4.69) is 163 Å². The maximum absolute atomic E-state index is 5.10. The van der Waals surface area contributed by atoms with Crippen LogP contribution in [0.25, 0.3) is 99.4 Å². The number of rotatable bonds is 5. The van der Waals surface area contributed by atoms with Crippen LogP contribution in [0.5, 0.6) is 0 Å². The van der Waals surface area contributed by atoms with Gasteiger partial charge in [-0.3, -0.25) is 4.98 Å². The molecule has 242 valence electrons. The molecule has 2 heterocycles. The Labute approximate surface area is 301 Å². The maximum atomic E-state index is 5.10. The van der Waals surface area contributed by atoms with Crippen molar-refractivity contribution in [2.75, 3.05) is 0 Å². The zero-order valence-electron chi connectivity index (χ0n) is 28.2. The van der Waals surface area contributed by atoms with Gasteiger partial charge in [0.2, 0.25) is 0 Å². The summed E-state index contributed by atoms with van der Waals surface area (Å²) in [5.41, 5.74) is 10.5. The molecule has 0 saturated heterocycles. The second-order valence-corrected chi connectivity index (χ2v) is 13.2. The molecular formula is C49H31N3. The lowest BCUT2D eigenvalue weighted by atomic mass is 9.90. The van der Waals surface area contributed by atoms with Crippen LogP contribution in [-0.2, 0) is 0 Å². The van der Waals surface area contributed by atoms with Crippen LogP contribution >= 0.6 is 0 Å². The van der Waals surface area contributed by atoms with Gasteiger partial charge in [-0.25, -0.2) is 9.97 Å². The Morgan fingerprint density at radius 2 is 0.885 bits per heavy atom. The van der Waals surface area contributed by atoms with Gasteiger partial charge in [0.1, 0.15) is 0 Å². The molecule has 0 atom stereocenters. The zero-order chi connectivity index (χ0) is 34.4. The van der Waals surface area contributed by atoms with Crippen molar-refractivity contribution < 1.29 is 0 Å². The smallest absolute Gasteiger partial charge is 0.160 e. The number of hydrogen-bond donors (Lipinski definition) is 0. The van der Waals surface area contributed by atoms with E-state index in [1.54, 1.807) is 0 Å². The third-order valence-electron chi connectivity index (χ3n) is 10.1. The number of para-hydroxylation sites is 1. The number of hydrogen-bond acceptors (Lipinski definition) is 3. The van der Waals surface area contributed by atoms with Gasteiger partial charge in [-0.1, -0.05) is 158 Å². The van der Waals surface area contributed by atoms with Crippen LogP contribution in [0.15, 0.2) is 188 Å². The van der Waals surface area contributed by atoms with Crippen LogP contribution in [-0.4, -0.2) is 15.0 Å². The van der Waals surface area contributed by atoms with Gasteiger partial charge in [-0.2, -0.15) is 0 Å². The molecule has 0 unspecified atom stereocenters. The summed E-state index contributed by atoms with van der Waals surface area (Å²) in [6, 6.07) is 64.4. The molecule has 0 aliphatic carbocycles. The Balaban J connectivity index is 1.06. The summed E-state index contributed by atoms with van der Waals surface area (Å²) in [6.45, 7) is 0. The molecule has 0 bridgehead atoms. The average Bonchev–Trinajstić information content (AvgIpc) is 3.23. The minimum absolute atomic E-state index is 0.703. The standard InChI is InChI=1S/C49H31N3/c1-2-11-37(12-3-1)49-51-46(35-23-18-33(19-24-35)39-28-29-50-45-17-9-8-15-42(39)45)31-47(52-49)36-25-20-34(21-26-36)44-30-38-27-22-32-10-4-5-13-40(32)48(38)43-16-7-6-14-41(43)44/h1-31H. The van der Waals surface area contributed by atoms with E-state index >= 15 is 0 Å². The molecule has 0 fully saturated rings. The van der Waals surface area contributed by atoms with Crippen LogP contribution in [0.4, 0.5) is 0 Å². The van der Waals surface area contributed by atoms with Gasteiger partial charge in [0.25, 0.3) is 0 Å². The minimum atomic E-state index is 0.703. The number of benzene rings is 8. The molecule has 0 amide bonds. The van der Waals surface area contributed by atoms with Crippen molar-refractivity contribution in [3.8, 4) is 56.2 Å². The number of nitrogens with zero attached hydrogens (tertiary/aromatic N) is 3. The highest BCUT2D eigenvalue weighted by molar-refractivity contribution is 6.23. The van der Waals surface area contributed by atoms with Crippen molar-refractivity contribution >= 4 is 43.2 Å². The van der Waals surface area contributed by atoms with Crippen molar-refractivity contribution in [3.63, 3.8) is 0 Å². The summed E-state index contributed by atoms with van der Waals surface area (Å²) in [5, 5.41) is 8.75. The normalized spacial score (nSPS) is 11.5. The SMILES string of the molecule is c1ccc(-c2nc(-c3ccc(-c4ccnc5ccccc45)cc3)cc(-c3ccc(-c4cc5ccc6ccccc6c5c5ccccc45)cc3)n2)cc1. The van der Waals surface area contributed by atoms with Gasteiger partial charge < -0.3 is 0 Å². The summed E-state index contributed by atoms with van der Waals surface area (Å²) in [4.78, 5) is 14.7. The third kappa shape index (κ3) is 5.19. The van der Waals surface area contributed by atoms with Crippen LogP contribution in [0, 0.1) is 0 Å². The van der Waals surface area contributed by atoms with Crippen molar-refractivity contribution in [3.05, 3.63) is 188 Å². The van der Waals surface area contributed by atoms with E-state index in [0.29, 0.717) is 5.82 Å². The largest absolute Gasteiger partial charge is 0.256 e. The summed E-state index contributed by atoms with van der Waals surface area (Å²) in [5.74, 6) is 0.703. The lowest BCUT2D eigenvalue weighted by molar-refractivity contribution is 1.18. The highest BCUT2D eigenvalue weighted by Crippen LogP contribution is 2.39. The van der Waals surface area contributed by atoms with E-state index in [1.807, 2.05) is 30.5 Å². The lowest BCUT2D eigenvalue weighted by Gasteiger charge is -2.14. The molecule has 10 aromatic rings. The lowest BCUT2D eigenvalue weighted by Crippen LogP contribution is -1.96. The fourth-order valence-electron chi connectivity index (χ4n) is 7.57. The Morgan fingerprint density at radius 3 is 1.62 bits per heavy atom. The molecule has 0 aliphatic rings. The average molecular weight is 662 g/mol. The van der Waals surface area contributed by atoms with Crippen LogP contribution in [0.1, 0.15) is 0 Å². The molecular weight excluding hydrogens is 631 g/mol. The maximum Gasteiger partial charge on any atom is 0.160 e. The Hall–Kier alpha value is -6.97. The van der Waals surface area contributed by atoms with Gasteiger partial charge in [0.05, 0.1) is 16.9 Å². The highest BCUT2D eigenvalue weighted by atomic mass is 14.9. The van der Waals surface area contributed by atoms with E-state index < -0.39 is 0 Å². The fourth-order valence-corrected chi connectivity index (χ4v) is 7.57. The van der Waals surface area contributed by atoms with Gasteiger partial charge in [-0.15, -0.1) is 0 Å². The van der Waals surface area contributed by atoms with Crippen molar-refractivity contribution in [1.82, 2.24) is 15.0 Å². The molecule has 2 aromatic heterocycles. The molecule has 0 spiro atoms. The van der Waals surface area contributed by atoms with E-state index in [-0.39, 0.29) is 0 Å². The number of pyridine rings is 1. The third-order valence-corrected chi connectivity index (χ3v) is 10.1. The van der Waals surface area contributed by atoms with Crippen LogP contribution in [0.2, 0.25) is 0 Å². The molecule has 52 heavy (non-hydrogen) atoms. The van der Waals surface area contributed by atoms with Gasteiger partial charge >= 0.3 is 0 Å². The second kappa shape index (κ2) is 12.4. The molecule has 10 rings (SSSR count). The Kier molecular flexibility index (Phi) is 7.14. The molecule has 3 heteroatoms. The Morgan fingerprint density at radius 1 is 0.327 bits per heavy atom. The molecule has 0 N–H and O–H groups in total. The van der Waals surface area contributed by atoms with Gasteiger partial charge in [0, 0.05) is 28.3 Å². The number of fused-ring (bicyclic) bond motifs is 6. The van der Waals surface area contributed by atoms with E-state index in [0.717, 1.165) is 50.1 Å². The topological polar surface area (TPSA) is 38.7 Å². The van der Waals surface area contributed by atoms with Gasteiger partial charge in [-0.05, 0) is 78.8 Å². The van der Waals surface area contributed by atoms with Crippen LogP contribution < -0.4 is 0 Å². The van der Waals surface area contributed by atoms with Crippen molar-refractivity contribution in [2.24, 2.45) is 0 Å². The molecule has 0 radical (unpaired) electrons. The number of aromatic nitrogens is 3. The molecule has 3 nitrogen and oxygen atoms in total. The first-order chi connectivity index (χ1) is 25.8. The van der Waals surface area contributed by atoms with Crippen molar-refractivity contribution in [2.45, 2.75) is 0 Å². The summed E-state index contributed by atoms with van der Waals surface area (Å²) in [7, 11) is 0. The first-order valence-electron chi connectivity index (χ1n) is 17.6. The Bertz CT molecular complexity index is 2930. The quantitative estimate of drug-likeness (QED) is 0.172. The fraction of sp³-hybridized carbons (Fsp3) is 0. The zero-order valence-corrected chi connectivity index (χ0v) is 28.2. The molecule has 0 aliphatic heterocycles. The van der Waals surface area contributed by atoms with E-state index in [1.165, 1.54) is 43.4 Å². The van der Waals surface area contributed by atoms with E-state index in [4.69, 9.17) is 9.97 Å². The minimum Gasteiger partial charge on any atom is -0.256 e. The molecule has 0 saturated carbocycles. The second-order valence-electron chi connectivity index (χ2n) is 13.2. The van der Waals surface area contributed by atoms with E-state index in [9.17, 15) is 0 Å². The van der Waals surface area contributed by atoms with Crippen LogP contribution in [0.3, 0.4) is 0 Å². The summed E-state index contributed by atoms with van der Waals surface area (Å²) in [6.07, 6.45) is 1.88. The molecule has 8 aromatic carbocycles. The first kappa shape index (κ1) is 29.9. The monoisotopic (exact) mass is 661 g/mol. The van der Waals surface area contributed by atoms with Crippen molar-refractivity contribution in [1.29, 1.82) is 0 Å². The summed E-state index contributed by atoms with van der Waals surface area (Å²) >= 11 is 0. The predicted octanol–water partition coefficient (Wildman–Crippen LogP) is 12.8.